The summed E-state index contributed by atoms with van der Waals surface area (Å²) in [5.74, 6) is 0. The van der Waals surface area contributed by atoms with Crippen LogP contribution in [0.5, 0.6) is 0 Å². The quantitative estimate of drug-likeness (QED) is 0.135. The third kappa shape index (κ3) is 10.6. The van der Waals surface area contributed by atoms with E-state index in [1.54, 1.807) is 0 Å². The van der Waals surface area contributed by atoms with E-state index in [1.807, 2.05) is 0 Å². The lowest BCUT2D eigenvalue weighted by molar-refractivity contribution is 1.18. The number of pyridine rings is 2. The van der Waals surface area contributed by atoms with Gasteiger partial charge in [-0.2, -0.15) is 0 Å². The van der Waals surface area contributed by atoms with Crippen molar-refractivity contribution in [2.45, 2.75) is 0 Å². The maximum atomic E-state index is 5.23. The predicted molar refractivity (Wildman–Crippen MR) is 469 cm³/mol. The van der Waals surface area contributed by atoms with Gasteiger partial charge in [-0.25, -0.2) is 9.97 Å². The Balaban J connectivity index is 0.000000140. The lowest BCUT2D eigenvalue weighted by Gasteiger charge is -2.13. The van der Waals surface area contributed by atoms with Gasteiger partial charge in [-0.15, -0.1) is 0 Å². The Morgan fingerprint density at radius 1 is 0.153 bits per heavy atom. The van der Waals surface area contributed by atoms with Crippen molar-refractivity contribution in [1.29, 1.82) is 0 Å². The predicted octanol–water partition coefficient (Wildman–Crippen LogP) is 28.4. The Morgan fingerprint density at radius 3 is 0.892 bits per heavy atom. The van der Waals surface area contributed by atoms with Crippen molar-refractivity contribution >= 4 is 130 Å². The minimum atomic E-state index is 1.01. The van der Waals surface area contributed by atoms with Crippen LogP contribution in [0.15, 0.2) is 406 Å². The van der Waals surface area contributed by atoms with E-state index in [-0.39, 0.29) is 0 Å². The van der Waals surface area contributed by atoms with E-state index in [2.05, 4.69) is 420 Å². The van der Waals surface area contributed by atoms with Crippen molar-refractivity contribution in [3.63, 3.8) is 0 Å². The minimum Gasteiger partial charge on any atom is -0.309 e. The average molecular weight is 1410 g/mol. The SMILES string of the molecule is c1cc(-c2ccc(-c3ccc(-c4nc5ccccc5c5c4ccc4ccccc45)cc3)cc2)cc(-n2c3ccccc3c3ccccc32)c1.c1ccc(-n2c3ccccc3c3cc(-c4ccc5c(c4)c4ccccc4n5-c4ccc(-c5ccc(-c6nc7ccccc7c7c6ccc6ccccc67)cc5)cc4)ccc32)cc1. The molecule has 111 heavy (non-hydrogen) atoms. The molecular formula is C106H67N5. The first-order chi connectivity index (χ1) is 55.0. The molecule has 5 aromatic heterocycles. The molecule has 0 amide bonds. The standard InChI is InChI=1S/C59H37N3.C47H30N2/c1-2-13-44(14-3-1)61-54-20-10-7-16-47(54)51-36-42(29-34-56(51)61)43-30-35-57-52(37-43)48-17-8-11-21-55(48)62(57)45-31-26-39(27-32-45)38-22-24-41(25-23-38)59-50-33-28-40-12-4-5-15-46(40)58(50)49-18-6-9-19-53(49)60-59;1-2-13-38-34(10-1)28-29-42-46(38)41-16-3-6-17-43(41)48-47(42)35-26-24-32(25-27-35)31-20-22-33(23-21-31)36-11-9-12-37(30-36)49-44-18-7-4-14-39(44)40-15-5-8-19-45(40)49/h1-37H;1-30H. The average Bonchev–Trinajstić information content (AvgIpc) is 1.60. The topological polar surface area (TPSA) is 40.6 Å². The highest BCUT2D eigenvalue weighted by atomic mass is 15.0. The molecule has 0 spiro atoms. The minimum absolute atomic E-state index is 1.01. The van der Waals surface area contributed by atoms with Crippen LogP contribution in [0, 0.1) is 0 Å². The van der Waals surface area contributed by atoms with E-state index in [4.69, 9.17) is 9.97 Å². The number of rotatable bonds is 9. The maximum Gasteiger partial charge on any atom is 0.0788 e. The number of para-hydroxylation sites is 7. The first-order valence-electron chi connectivity index (χ1n) is 38.1. The molecule has 0 radical (unpaired) electrons. The monoisotopic (exact) mass is 1410 g/mol. The van der Waals surface area contributed by atoms with Crippen LogP contribution < -0.4 is 0 Å². The Bertz CT molecular complexity index is 7570. The van der Waals surface area contributed by atoms with Crippen molar-refractivity contribution < 1.29 is 0 Å². The zero-order valence-corrected chi connectivity index (χ0v) is 60.4. The Morgan fingerprint density at radius 2 is 0.450 bits per heavy atom. The molecule has 0 aliphatic rings. The van der Waals surface area contributed by atoms with Crippen LogP contribution >= 0.6 is 0 Å². The van der Waals surface area contributed by atoms with Crippen LogP contribution in [0.1, 0.15) is 0 Å². The smallest absolute Gasteiger partial charge is 0.0788 e. The van der Waals surface area contributed by atoms with Gasteiger partial charge in [0.25, 0.3) is 0 Å². The lowest BCUT2D eigenvalue weighted by Crippen LogP contribution is -1.94. The van der Waals surface area contributed by atoms with Gasteiger partial charge in [-0.3, -0.25) is 0 Å². The summed E-state index contributed by atoms with van der Waals surface area (Å²) < 4.78 is 7.15. The highest BCUT2D eigenvalue weighted by Crippen LogP contribution is 2.44. The molecule has 0 bridgehead atoms. The fourth-order valence-electron chi connectivity index (χ4n) is 17.6. The van der Waals surface area contributed by atoms with Gasteiger partial charge in [0.1, 0.15) is 0 Å². The van der Waals surface area contributed by atoms with Gasteiger partial charge < -0.3 is 13.7 Å². The van der Waals surface area contributed by atoms with Gasteiger partial charge in [-0.05, 0) is 163 Å². The molecular weight excluding hydrogens is 1340 g/mol. The van der Waals surface area contributed by atoms with Gasteiger partial charge in [-0.1, -0.05) is 309 Å². The molecule has 5 heterocycles. The van der Waals surface area contributed by atoms with Gasteiger partial charge in [0.05, 0.1) is 55.5 Å². The van der Waals surface area contributed by atoms with Crippen molar-refractivity contribution in [2.24, 2.45) is 0 Å². The van der Waals surface area contributed by atoms with Crippen molar-refractivity contribution in [3.05, 3.63) is 406 Å². The van der Waals surface area contributed by atoms with Gasteiger partial charge in [0.2, 0.25) is 0 Å². The van der Waals surface area contributed by atoms with Gasteiger partial charge >= 0.3 is 0 Å². The Kier molecular flexibility index (Phi) is 14.9. The van der Waals surface area contributed by atoms with Crippen LogP contribution in [0.25, 0.3) is 214 Å². The zero-order chi connectivity index (χ0) is 73.0. The third-order valence-electron chi connectivity index (χ3n) is 22.9. The summed E-state index contributed by atoms with van der Waals surface area (Å²) in [6, 6.07) is 147. The number of benzene rings is 18. The number of hydrogen-bond acceptors (Lipinski definition) is 2. The number of fused-ring (bicyclic) bond motifs is 19. The highest BCUT2D eigenvalue weighted by molar-refractivity contribution is 6.24. The molecule has 23 rings (SSSR count). The number of nitrogens with zero attached hydrogens (tertiary/aromatic N) is 5. The first kappa shape index (κ1) is 63.5. The van der Waals surface area contributed by atoms with Crippen LogP contribution in [0.4, 0.5) is 0 Å². The molecule has 0 saturated carbocycles. The first-order valence-corrected chi connectivity index (χ1v) is 38.1. The molecule has 0 N–H and O–H groups in total. The molecule has 0 aliphatic carbocycles. The second-order valence-electron chi connectivity index (χ2n) is 29.1. The van der Waals surface area contributed by atoms with E-state index in [0.29, 0.717) is 0 Å². The normalized spacial score (nSPS) is 11.8. The zero-order valence-electron chi connectivity index (χ0n) is 60.4. The fourth-order valence-corrected chi connectivity index (χ4v) is 17.6. The van der Waals surface area contributed by atoms with E-state index in [9.17, 15) is 0 Å². The molecule has 18 aromatic carbocycles. The van der Waals surface area contributed by atoms with Gasteiger partial charge in [0.15, 0.2) is 0 Å². The summed E-state index contributed by atoms with van der Waals surface area (Å²) in [5, 5.41) is 19.8. The molecule has 0 fully saturated rings. The van der Waals surface area contributed by atoms with E-state index in [0.717, 1.165) is 44.9 Å². The molecule has 0 atom stereocenters. The molecule has 516 valence electrons. The highest BCUT2D eigenvalue weighted by Gasteiger charge is 2.21. The summed E-state index contributed by atoms with van der Waals surface area (Å²) >= 11 is 0. The maximum absolute atomic E-state index is 5.23. The Labute approximate surface area is 640 Å². The largest absolute Gasteiger partial charge is 0.309 e. The summed E-state index contributed by atoms with van der Waals surface area (Å²) in [4.78, 5) is 10.4. The molecule has 23 aromatic rings. The van der Waals surface area contributed by atoms with Crippen LogP contribution in [-0.2, 0) is 0 Å². The van der Waals surface area contributed by atoms with Gasteiger partial charge in [0, 0.05) is 92.8 Å². The summed E-state index contributed by atoms with van der Waals surface area (Å²) in [7, 11) is 0. The van der Waals surface area contributed by atoms with E-state index in [1.165, 1.54) is 169 Å². The second kappa shape index (κ2) is 26.0. The second-order valence-corrected chi connectivity index (χ2v) is 29.1. The molecule has 0 aliphatic heterocycles. The van der Waals surface area contributed by atoms with Crippen molar-refractivity contribution in [2.75, 3.05) is 0 Å². The van der Waals surface area contributed by atoms with Crippen LogP contribution in [0.2, 0.25) is 0 Å². The molecule has 0 unspecified atom stereocenters. The van der Waals surface area contributed by atoms with E-state index >= 15 is 0 Å². The molecule has 5 nitrogen and oxygen atoms in total. The summed E-state index contributed by atoms with van der Waals surface area (Å²) in [6.07, 6.45) is 0. The number of aromatic nitrogens is 5. The lowest BCUT2D eigenvalue weighted by atomic mass is 9.94. The molecule has 0 saturated heterocycles. The Hall–Kier alpha value is -14.8. The van der Waals surface area contributed by atoms with E-state index < -0.39 is 0 Å². The fraction of sp³-hybridized carbons (Fsp3) is 0. The molecule has 5 heteroatoms. The van der Waals surface area contributed by atoms with Crippen LogP contribution in [0.3, 0.4) is 0 Å². The summed E-state index contributed by atoms with van der Waals surface area (Å²) in [6.45, 7) is 0. The van der Waals surface area contributed by atoms with Crippen molar-refractivity contribution in [3.8, 4) is 84.1 Å². The third-order valence-corrected chi connectivity index (χ3v) is 22.9. The van der Waals surface area contributed by atoms with Crippen molar-refractivity contribution in [1.82, 2.24) is 23.7 Å². The van der Waals surface area contributed by atoms with Crippen LogP contribution in [-0.4, -0.2) is 23.7 Å². The summed E-state index contributed by atoms with van der Waals surface area (Å²) in [5.41, 5.74) is 26.6. The number of hydrogen-bond donors (Lipinski definition) is 0.